The predicted octanol–water partition coefficient (Wildman–Crippen LogP) is 5.42. The van der Waals surface area contributed by atoms with E-state index >= 15 is 0 Å². The number of hydrogen-bond donors (Lipinski definition) is 2. The van der Waals surface area contributed by atoms with Gasteiger partial charge in [0.05, 0.1) is 0 Å². The second kappa shape index (κ2) is 7.40. The van der Waals surface area contributed by atoms with Gasteiger partial charge in [-0.25, -0.2) is 0 Å². The number of rotatable bonds is 6. The molecule has 1 fully saturated rings. The third-order valence-electron chi connectivity index (χ3n) is 7.07. The Kier molecular flexibility index (Phi) is 5.67. The van der Waals surface area contributed by atoms with Crippen molar-refractivity contribution in [3.63, 3.8) is 0 Å². The minimum Gasteiger partial charge on any atom is -0.487 e. The fourth-order valence-electron chi connectivity index (χ4n) is 5.36. The second-order valence-corrected chi connectivity index (χ2v) is 10.1. The van der Waals surface area contributed by atoms with Crippen molar-refractivity contribution in [3.8, 4) is 5.75 Å². The minimum atomic E-state index is -0.876. The molecule has 1 aliphatic heterocycles. The third kappa shape index (κ3) is 3.91. The maximum atomic E-state index is 11.7. The largest absolute Gasteiger partial charge is 0.487 e. The van der Waals surface area contributed by atoms with Crippen LogP contribution in [0.15, 0.2) is 18.2 Å². The minimum absolute atomic E-state index is 0.0580. The van der Waals surface area contributed by atoms with Gasteiger partial charge < -0.3 is 15.6 Å². The molecule has 3 atom stereocenters. The molecule has 0 radical (unpaired) electrons. The van der Waals surface area contributed by atoms with Crippen LogP contribution in [0.3, 0.4) is 0 Å². The molecule has 3 heteroatoms. The molecule has 0 bridgehead atoms. The molecule has 1 heterocycles. The number of nitrogens with two attached hydrogens (primary N) is 1. The summed E-state index contributed by atoms with van der Waals surface area (Å²) in [6.45, 7) is 11.1. The van der Waals surface area contributed by atoms with Crippen LogP contribution in [-0.2, 0) is 11.0 Å². The SMILES string of the molecule is CCCCCCC(C)(C)c1ccc2c(c1)OC(C)(C)[C@@H]1CCC(N)C[C@@]21O. The number of fused-ring (bicyclic) bond motifs is 3. The first-order valence-corrected chi connectivity index (χ1v) is 10.9. The molecule has 0 amide bonds. The molecular weight excluding hydrogens is 334 g/mol. The van der Waals surface area contributed by atoms with E-state index in [0.29, 0.717) is 6.42 Å². The lowest BCUT2D eigenvalue weighted by Crippen LogP contribution is -2.58. The van der Waals surface area contributed by atoms with Crippen LogP contribution in [0.1, 0.15) is 97.1 Å². The summed E-state index contributed by atoms with van der Waals surface area (Å²) >= 11 is 0. The first-order valence-electron chi connectivity index (χ1n) is 10.9. The highest BCUT2D eigenvalue weighted by Crippen LogP contribution is 2.54. The summed E-state index contributed by atoms with van der Waals surface area (Å²) in [6, 6.07) is 6.56. The Labute approximate surface area is 165 Å². The van der Waals surface area contributed by atoms with Gasteiger partial charge in [-0.15, -0.1) is 0 Å². The fraction of sp³-hybridized carbons (Fsp3) is 0.750. The van der Waals surface area contributed by atoms with Gasteiger partial charge in [0, 0.05) is 17.5 Å². The first kappa shape index (κ1) is 20.7. The van der Waals surface area contributed by atoms with Gasteiger partial charge in [-0.1, -0.05) is 58.6 Å². The summed E-state index contributed by atoms with van der Waals surface area (Å²) in [5, 5.41) is 11.7. The molecule has 3 N–H and O–H groups in total. The highest BCUT2D eigenvalue weighted by atomic mass is 16.5. The zero-order valence-electron chi connectivity index (χ0n) is 18.0. The van der Waals surface area contributed by atoms with Crippen LogP contribution in [0.5, 0.6) is 5.75 Å². The Balaban J connectivity index is 1.90. The summed E-state index contributed by atoms with van der Waals surface area (Å²) in [4.78, 5) is 0. The molecule has 1 aromatic rings. The number of hydrogen-bond acceptors (Lipinski definition) is 3. The monoisotopic (exact) mass is 373 g/mol. The molecule has 1 aliphatic carbocycles. The van der Waals surface area contributed by atoms with Crippen molar-refractivity contribution in [2.75, 3.05) is 0 Å². The maximum absolute atomic E-state index is 11.7. The smallest absolute Gasteiger partial charge is 0.126 e. The topological polar surface area (TPSA) is 55.5 Å². The van der Waals surface area contributed by atoms with Crippen LogP contribution in [0.4, 0.5) is 0 Å². The molecule has 2 aliphatic rings. The van der Waals surface area contributed by atoms with Crippen LogP contribution in [-0.4, -0.2) is 16.7 Å². The van der Waals surface area contributed by atoms with Gasteiger partial charge in [0.25, 0.3) is 0 Å². The number of benzene rings is 1. The lowest BCUT2D eigenvalue weighted by atomic mass is 9.62. The zero-order valence-corrected chi connectivity index (χ0v) is 18.0. The van der Waals surface area contributed by atoms with Gasteiger partial charge in [0.1, 0.15) is 17.0 Å². The Morgan fingerprint density at radius 2 is 1.93 bits per heavy atom. The van der Waals surface area contributed by atoms with E-state index in [2.05, 4.69) is 52.8 Å². The van der Waals surface area contributed by atoms with Crippen LogP contribution in [0.25, 0.3) is 0 Å². The standard InChI is InChI=1S/C24H39NO2/c1-6-7-8-9-14-22(2,3)17-10-12-19-20(15-17)27-23(4,5)21-13-11-18(25)16-24(19,21)26/h10,12,15,18,21,26H,6-9,11,13-14,16,25H2,1-5H3/t18?,21-,24+/m0/s1. The summed E-state index contributed by atoms with van der Waals surface area (Å²) in [6.07, 6.45) is 8.80. The van der Waals surface area contributed by atoms with Gasteiger partial charge in [-0.2, -0.15) is 0 Å². The van der Waals surface area contributed by atoms with Crippen molar-refractivity contribution in [3.05, 3.63) is 29.3 Å². The van der Waals surface area contributed by atoms with E-state index in [9.17, 15) is 5.11 Å². The molecule has 1 saturated carbocycles. The Morgan fingerprint density at radius 3 is 2.63 bits per heavy atom. The molecule has 0 spiro atoms. The van der Waals surface area contributed by atoms with Crippen molar-refractivity contribution in [1.29, 1.82) is 0 Å². The van der Waals surface area contributed by atoms with Crippen LogP contribution in [0.2, 0.25) is 0 Å². The molecule has 0 aromatic heterocycles. The third-order valence-corrected chi connectivity index (χ3v) is 7.07. The molecule has 1 unspecified atom stereocenters. The van der Waals surface area contributed by atoms with Gasteiger partial charge in [-0.05, 0) is 56.6 Å². The summed E-state index contributed by atoms with van der Waals surface area (Å²) in [5.74, 6) is 0.942. The van der Waals surface area contributed by atoms with Gasteiger partial charge in [0.15, 0.2) is 0 Å². The van der Waals surface area contributed by atoms with Crippen molar-refractivity contribution >= 4 is 0 Å². The molecule has 1 aromatic carbocycles. The highest BCUT2D eigenvalue weighted by Gasteiger charge is 2.55. The van der Waals surface area contributed by atoms with E-state index in [0.717, 1.165) is 24.2 Å². The van der Waals surface area contributed by atoms with Gasteiger partial charge in [-0.3, -0.25) is 0 Å². The van der Waals surface area contributed by atoms with Crippen molar-refractivity contribution < 1.29 is 9.84 Å². The van der Waals surface area contributed by atoms with Crippen molar-refractivity contribution in [2.24, 2.45) is 11.7 Å². The Bertz CT molecular complexity index is 666. The predicted molar refractivity (Wildman–Crippen MR) is 112 cm³/mol. The van der Waals surface area contributed by atoms with E-state index in [1.165, 1.54) is 37.7 Å². The average molecular weight is 374 g/mol. The van der Waals surface area contributed by atoms with Crippen LogP contribution < -0.4 is 10.5 Å². The fourth-order valence-corrected chi connectivity index (χ4v) is 5.36. The average Bonchev–Trinajstić information content (AvgIpc) is 2.57. The normalized spacial score (nSPS) is 29.6. The van der Waals surface area contributed by atoms with Crippen molar-refractivity contribution in [2.45, 2.75) is 109 Å². The van der Waals surface area contributed by atoms with Crippen molar-refractivity contribution in [1.82, 2.24) is 0 Å². The highest BCUT2D eigenvalue weighted by molar-refractivity contribution is 5.47. The second-order valence-electron chi connectivity index (χ2n) is 10.1. The van der Waals surface area contributed by atoms with Crippen LogP contribution >= 0.6 is 0 Å². The first-order chi connectivity index (χ1) is 12.6. The van der Waals surface area contributed by atoms with E-state index < -0.39 is 5.60 Å². The molecule has 152 valence electrons. The molecule has 27 heavy (non-hydrogen) atoms. The Hall–Kier alpha value is -1.06. The quantitative estimate of drug-likeness (QED) is 0.655. The van der Waals surface area contributed by atoms with Crippen LogP contribution in [0, 0.1) is 5.92 Å². The van der Waals surface area contributed by atoms with E-state index in [1.807, 2.05) is 0 Å². The maximum Gasteiger partial charge on any atom is 0.126 e. The number of unbranched alkanes of at least 4 members (excludes halogenated alkanes) is 3. The number of aliphatic hydroxyl groups is 1. The lowest BCUT2D eigenvalue weighted by molar-refractivity contribution is -0.150. The summed E-state index contributed by atoms with van der Waals surface area (Å²) < 4.78 is 6.47. The van der Waals surface area contributed by atoms with Gasteiger partial charge in [0.2, 0.25) is 0 Å². The molecule has 3 rings (SSSR count). The molecule has 3 nitrogen and oxygen atoms in total. The summed E-state index contributed by atoms with van der Waals surface area (Å²) in [5.41, 5.74) is 7.34. The zero-order chi connectivity index (χ0) is 19.9. The lowest BCUT2D eigenvalue weighted by Gasteiger charge is -2.53. The van der Waals surface area contributed by atoms with Gasteiger partial charge >= 0.3 is 0 Å². The Morgan fingerprint density at radius 1 is 1.19 bits per heavy atom. The van der Waals surface area contributed by atoms with E-state index in [-0.39, 0.29) is 23.0 Å². The summed E-state index contributed by atoms with van der Waals surface area (Å²) in [7, 11) is 0. The number of ether oxygens (including phenoxy) is 1. The van der Waals surface area contributed by atoms with E-state index in [1.54, 1.807) is 0 Å². The molecular formula is C24H39NO2. The molecule has 0 saturated heterocycles. The van der Waals surface area contributed by atoms with E-state index in [4.69, 9.17) is 10.5 Å².